The number of hydrogen-bond donors (Lipinski definition) is 2. The largest absolute Gasteiger partial charge is 0.354 e. The second-order valence-corrected chi connectivity index (χ2v) is 9.08. The summed E-state index contributed by atoms with van der Waals surface area (Å²) in [5, 5.41) is 7.51. The van der Waals surface area contributed by atoms with E-state index in [0.29, 0.717) is 0 Å². The fourth-order valence-electron chi connectivity index (χ4n) is 3.50. The fourth-order valence-corrected chi connectivity index (χ4v) is 4.22. The molecule has 3 rings (SSSR count). The summed E-state index contributed by atoms with van der Waals surface area (Å²) in [5.41, 5.74) is 3.86. The van der Waals surface area contributed by atoms with E-state index >= 15 is 0 Å². The lowest BCUT2D eigenvalue weighted by molar-refractivity contribution is 0.312. The van der Waals surface area contributed by atoms with E-state index in [0.717, 1.165) is 76.2 Å². The van der Waals surface area contributed by atoms with Crippen molar-refractivity contribution in [1.82, 2.24) is 19.9 Å². The molecule has 0 saturated carbocycles. The molecule has 0 bridgehead atoms. The van der Waals surface area contributed by atoms with Gasteiger partial charge in [-0.15, -0.1) is 0 Å². The Kier molecular flexibility index (Phi) is 7.93. The van der Waals surface area contributed by atoms with Crippen LogP contribution >= 0.6 is 11.8 Å². The Morgan fingerprint density at radius 2 is 1.81 bits per heavy atom. The number of allylic oxidation sites excluding steroid dienone is 1. The Bertz CT molecular complexity index is 1000. The molecule has 0 unspecified atom stereocenters. The van der Waals surface area contributed by atoms with Gasteiger partial charge in [0.05, 0.1) is 16.4 Å². The average molecular weight is 452 g/mol. The molecule has 0 aliphatic carbocycles. The van der Waals surface area contributed by atoms with Crippen LogP contribution < -0.4 is 15.5 Å². The predicted octanol–water partition coefficient (Wildman–Crippen LogP) is 4.69. The lowest BCUT2D eigenvalue weighted by Gasteiger charge is -2.33. The molecular formula is C24H33N7S. The van der Waals surface area contributed by atoms with Crippen molar-refractivity contribution in [3.63, 3.8) is 0 Å². The molecule has 0 amide bonds. The Hall–Kier alpha value is -2.84. The van der Waals surface area contributed by atoms with Crippen molar-refractivity contribution in [2.75, 3.05) is 48.8 Å². The number of aromatic nitrogens is 3. The number of nitrogens with zero attached hydrogens (tertiary/aromatic N) is 5. The number of pyridine rings is 1. The lowest BCUT2D eigenvalue weighted by Crippen LogP contribution is -2.44. The maximum Gasteiger partial charge on any atom is 0.136 e. The molecular weight excluding hydrogens is 418 g/mol. The van der Waals surface area contributed by atoms with Crippen LogP contribution in [0.5, 0.6) is 0 Å². The van der Waals surface area contributed by atoms with Gasteiger partial charge in [0.1, 0.15) is 17.5 Å². The van der Waals surface area contributed by atoms with Crippen molar-refractivity contribution in [2.24, 2.45) is 0 Å². The monoisotopic (exact) mass is 451 g/mol. The van der Waals surface area contributed by atoms with Crippen molar-refractivity contribution in [1.29, 1.82) is 0 Å². The summed E-state index contributed by atoms with van der Waals surface area (Å²) < 4.78 is 0. The molecule has 1 aliphatic rings. The third-order valence-electron chi connectivity index (χ3n) is 5.34. The minimum atomic E-state index is 0.738. The normalized spacial score (nSPS) is 14.9. The van der Waals surface area contributed by atoms with Crippen LogP contribution in [0.25, 0.3) is 0 Å². The first-order valence-electron chi connectivity index (χ1n) is 10.7. The topological polar surface area (TPSA) is 69.2 Å². The standard InChI is InChI=1S/C24H33N7S/c1-8-21(17(3)26-24-16(2)9-10-25-18(24)4)32-20(6)29-22-15-23(28-19(5)27-22)31-13-11-30(7)12-14-31/h8-10,15,26H,3,6,11-14H2,1-2,4-5,7H3,(H,27,28,29)/b21-8-. The van der Waals surface area contributed by atoms with Crippen molar-refractivity contribution in [2.45, 2.75) is 27.7 Å². The molecule has 1 fully saturated rings. The van der Waals surface area contributed by atoms with Crippen LogP contribution in [-0.4, -0.2) is 53.1 Å². The van der Waals surface area contributed by atoms with Crippen LogP contribution in [0.15, 0.2) is 53.2 Å². The van der Waals surface area contributed by atoms with Crippen LogP contribution in [-0.2, 0) is 0 Å². The molecule has 2 aromatic heterocycles. The second-order valence-electron chi connectivity index (χ2n) is 7.94. The SMILES string of the molecule is C=C(Nc1cc(N2CCN(C)CC2)nc(C)n1)S/C(=C\C)C(=C)Nc1c(C)ccnc1C. The van der Waals surface area contributed by atoms with Gasteiger partial charge in [0, 0.05) is 49.0 Å². The molecule has 0 atom stereocenters. The summed E-state index contributed by atoms with van der Waals surface area (Å²) in [5.74, 6) is 2.43. The van der Waals surface area contributed by atoms with E-state index in [9.17, 15) is 0 Å². The van der Waals surface area contributed by atoms with Gasteiger partial charge in [-0.05, 0) is 46.4 Å². The molecule has 0 spiro atoms. The minimum Gasteiger partial charge on any atom is -0.354 e. The zero-order valence-electron chi connectivity index (χ0n) is 19.7. The quantitative estimate of drug-likeness (QED) is 0.560. The first-order chi connectivity index (χ1) is 15.3. The Morgan fingerprint density at radius 1 is 1.09 bits per heavy atom. The Morgan fingerprint density at radius 3 is 2.47 bits per heavy atom. The molecule has 2 N–H and O–H groups in total. The first-order valence-corrected chi connectivity index (χ1v) is 11.6. The smallest absolute Gasteiger partial charge is 0.136 e. The van der Waals surface area contributed by atoms with E-state index in [2.05, 4.69) is 62.5 Å². The molecule has 170 valence electrons. The number of anilines is 3. The van der Waals surface area contributed by atoms with Crippen LogP contribution in [0.4, 0.5) is 17.3 Å². The van der Waals surface area contributed by atoms with E-state index in [1.54, 1.807) is 0 Å². The van der Waals surface area contributed by atoms with Crippen molar-refractivity contribution < 1.29 is 0 Å². The van der Waals surface area contributed by atoms with Gasteiger partial charge in [0.2, 0.25) is 0 Å². The lowest BCUT2D eigenvalue weighted by atomic mass is 10.2. The number of rotatable bonds is 8. The first kappa shape index (κ1) is 23.8. The summed E-state index contributed by atoms with van der Waals surface area (Å²) in [6.45, 7) is 20.4. The third-order valence-corrected chi connectivity index (χ3v) is 6.39. The highest BCUT2D eigenvalue weighted by Gasteiger charge is 2.17. The molecule has 1 aliphatic heterocycles. The van der Waals surface area contributed by atoms with Gasteiger partial charge in [0.15, 0.2) is 0 Å². The fraction of sp³-hybridized carbons (Fsp3) is 0.375. The number of hydrogen-bond acceptors (Lipinski definition) is 8. The Labute approximate surface area is 195 Å². The maximum atomic E-state index is 4.64. The minimum absolute atomic E-state index is 0.738. The van der Waals surface area contributed by atoms with Gasteiger partial charge in [-0.25, -0.2) is 9.97 Å². The van der Waals surface area contributed by atoms with E-state index in [1.807, 2.05) is 45.2 Å². The zero-order chi connectivity index (χ0) is 23.3. The molecule has 1 saturated heterocycles. The van der Waals surface area contributed by atoms with Gasteiger partial charge in [-0.3, -0.25) is 4.98 Å². The number of nitrogens with one attached hydrogen (secondary N) is 2. The van der Waals surface area contributed by atoms with Crippen molar-refractivity contribution in [3.05, 3.63) is 70.3 Å². The summed E-state index contributed by atoms with van der Waals surface area (Å²) >= 11 is 1.52. The molecule has 7 nitrogen and oxygen atoms in total. The highest BCUT2D eigenvalue weighted by Crippen LogP contribution is 2.32. The molecule has 32 heavy (non-hydrogen) atoms. The highest BCUT2D eigenvalue weighted by molar-refractivity contribution is 8.07. The summed E-state index contributed by atoms with van der Waals surface area (Å²) in [6.07, 6.45) is 3.84. The summed E-state index contributed by atoms with van der Waals surface area (Å²) in [6, 6.07) is 3.98. The summed E-state index contributed by atoms with van der Waals surface area (Å²) in [7, 11) is 2.15. The third kappa shape index (κ3) is 6.11. The number of likely N-dealkylation sites (N-methyl/N-ethyl adjacent to an activating group) is 1. The van der Waals surface area contributed by atoms with Crippen LogP contribution in [0.1, 0.15) is 24.0 Å². The molecule has 0 radical (unpaired) electrons. The predicted molar refractivity (Wildman–Crippen MR) is 137 cm³/mol. The van der Waals surface area contributed by atoms with Gasteiger partial charge >= 0.3 is 0 Å². The molecule has 8 heteroatoms. The molecule has 3 heterocycles. The zero-order valence-corrected chi connectivity index (χ0v) is 20.5. The van der Waals surface area contributed by atoms with Crippen molar-refractivity contribution in [3.8, 4) is 0 Å². The highest BCUT2D eigenvalue weighted by atomic mass is 32.2. The van der Waals surface area contributed by atoms with Crippen LogP contribution in [0.3, 0.4) is 0 Å². The average Bonchev–Trinajstić information content (AvgIpc) is 2.74. The summed E-state index contributed by atoms with van der Waals surface area (Å²) in [4.78, 5) is 19.2. The molecule has 2 aromatic rings. The number of thioether (sulfide) groups is 1. The van der Waals surface area contributed by atoms with E-state index in [4.69, 9.17) is 0 Å². The number of piperazine rings is 1. The van der Waals surface area contributed by atoms with Crippen molar-refractivity contribution >= 4 is 29.1 Å². The van der Waals surface area contributed by atoms with E-state index in [1.165, 1.54) is 11.8 Å². The van der Waals surface area contributed by atoms with Crippen LogP contribution in [0.2, 0.25) is 0 Å². The van der Waals surface area contributed by atoms with Gasteiger partial charge in [-0.2, -0.15) is 0 Å². The van der Waals surface area contributed by atoms with E-state index < -0.39 is 0 Å². The van der Waals surface area contributed by atoms with Gasteiger partial charge in [-0.1, -0.05) is 31.0 Å². The molecule has 0 aromatic carbocycles. The van der Waals surface area contributed by atoms with Crippen LogP contribution in [0, 0.1) is 20.8 Å². The second kappa shape index (κ2) is 10.7. The van der Waals surface area contributed by atoms with Gasteiger partial charge in [0.25, 0.3) is 0 Å². The maximum absolute atomic E-state index is 4.64. The Balaban J connectivity index is 1.65. The van der Waals surface area contributed by atoms with Gasteiger partial charge < -0.3 is 20.4 Å². The van der Waals surface area contributed by atoms with E-state index in [-0.39, 0.29) is 0 Å². The number of aryl methyl sites for hydroxylation is 3.